The van der Waals surface area contributed by atoms with Gasteiger partial charge in [-0.1, -0.05) is 12.1 Å². The predicted molar refractivity (Wildman–Crippen MR) is 91.6 cm³/mol. The monoisotopic (exact) mass is 344 g/mol. The fourth-order valence-corrected chi connectivity index (χ4v) is 3.01. The van der Waals surface area contributed by atoms with Crippen molar-refractivity contribution in [2.45, 2.75) is 13.0 Å². The number of hydrogen-bond donors (Lipinski definition) is 0. The molecule has 0 unspecified atom stereocenters. The summed E-state index contributed by atoms with van der Waals surface area (Å²) in [5, 5.41) is 8.25. The lowest BCUT2D eigenvalue weighted by Gasteiger charge is -2.17. The van der Waals surface area contributed by atoms with E-state index in [0.29, 0.717) is 22.0 Å². The number of hydrogen-bond acceptors (Lipinski definition) is 6. The van der Waals surface area contributed by atoms with Gasteiger partial charge < -0.3 is 9.47 Å². The van der Waals surface area contributed by atoms with Crippen LogP contribution in [0.4, 0.5) is 4.79 Å². The van der Waals surface area contributed by atoms with E-state index < -0.39 is 0 Å². The Hall–Kier alpha value is -2.72. The van der Waals surface area contributed by atoms with Crippen LogP contribution < -0.4 is 9.47 Å². The van der Waals surface area contributed by atoms with Crippen LogP contribution in [0.2, 0.25) is 0 Å². The van der Waals surface area contributed by atoms with E-state index in [0.717, 1.165) is 11.8 Å². The lowest BCUT2D eigenvalue weighted by atomic mass is 10.1. The van der Waals surface area contributed by atoms with E-state index in [1.807, 2.05) is 6.07 Å². The number of amides is 2. The second kappa shape index (κ2) is 7.70. The van der Waals surface area contributed by atoms with Gasteiger partial charge in [0, 0.05) is 0 Å². The Bertz CT molecular complexity index is 751. The number of imide groups is 1. The average Bonchev–Trinajstić information content (AvgIpc) is 2.86. The summed E-state index contributed by atoms with van der Waals surface area (Å²) in [5.41, 5.74) is 0.688. The molecule has 0 aromatic heterocycles. The summed E-state index contributed by atoms with van der Waals surface area (Å²) in [6, 6.07) is 6.57. The van der Waals surface area contributed by atoms with E-state index in [9.17, 15) is 9.59 Å². The minimum absolute atomic E-state index is 0.0892. The average molecular weight is 344 g/mol. The zero-order chi connectivity index (χ0) is 17.7. The van der Waals surface area contributed by atoms with Crippen molar-refractivity contribution in [2.24, 2.45) is 0 Å². The third-order valence-corrected chi connectivity index (χ3v) is 4.23. The molecule has 7 heteroatoms. The standard InChI is InChI=1S/C17H16N2O4S/c1-4-11(2)19-16(20)15(24-17(19)21)10-12-5-6-13(23-8-7-18)14(9-12)22-3/h4-6,9-11H,1,8H2,2-3H3/b15-10-/t11-/m1/s1. The van der Waals surface area contributed by atoms with E-state index in [2.05, 4.69) is 6.58 Å². The highest BCUT2D eigenvalue weighted by atomic mass is 32.2. The van der Waals surface area contributed by atoms with Crippen LogP contribution in [-0.2, 0) is 4.79 Å². The number of carbonyl (C=O) groups is 2. The number of ether oxygens (including phenoxy) is 2. The van der Waals surface area contributed by atoms with Crippen molar-refractivity contribution in [1.29, 1.82) is 5.26 Å². The van der Waals surface area contributed by atoms with Crippen LogP contribution in [0.25, 0.3) is 6.08 Å². The van der Waals surface area contributed by atoms with Gasteiger partial charge in [-0.05, 0) is 42.5 Å². The molecule has 124 valence electrons. The Labute approximate surface area is 144 Å². The molecule has 1 aromatic carbocycles. The molecule has 0 saturated carbocycles. The Balaban J connectivity index is 2.28. The van der Waals surface area contributed by atoms with Crippen LogP contribution in [0.15, 0.2) is 35.8 Å². The van der Waals surface area contributed by atoms with Crippen LogP contribution in [0, 0.1) is 11.3 Å². The first-order valence-electron chi connectivity index (χ1n) is 7.09. The summed E-state index contributed by atoms with van der Waals surface area (Å²) in [6.07, 6.45) is 3.17. The van der Waals surface area contributed by atoms with Gasteiger partial charge in [-0.2, -0.15) is 5.26 Å². The highest BCUT2D eigenvalue weighted by Gasteiger charge is 2.37. The number of methoxy groups -OCH3 is 1. The molecule has 1 aliphatic heterocycles. The summed E-state index contributed by atoms with van der Waals surface area (Å²) in [7, 11) is 1.48. The molecular formula is C17H16N2O4S. The molecule has 1 aliphatic rings. The smallest absolute Gasteiger partial charge is 0.294 e. The van der Waals surface area contributed by atoms with Crippen molar-refractivity contribution < 1.29 is 19.1 Å². The maximum atomic E-state index is 12.4. The van der Waals surface area contributed by atoms with Gasteiger partial charge in [0.2, 0.25) is 0 Å². The van der Waals surface area contributed by atoms with Gasteiger partial charge >= 0.3 is 0 Å². The van der Waals surface area contributed by atoms with Crippen molar-refractivity contribution >= 4 is 29.0 Å². The van der Waals surface area contributed by atoms with Gasteiger partial charge in [0.1, 0.15) is 6.07 Å². The molecule has 2 rings (SSSR count). The van der Waals surface area contributed by atoms with Crippen LogP contribution in [0.5, 0.6) is 11.5 Å². The lowest BCUT2D eigenvalue weighted by Crippen LogP contribution is -2.35. The number of rotatable bonds is 6. The van der Waals surface area contributed by atoms with Gasteiger partial charge in [-0.3, -0.25) is 14.5 Å². The van der Waals surface area contributed by atoms with E-state index in [1.165, 1.54) is 12.0 Å². The second-order valence-electron chi connectivity index (χ2n) is 4.89. The summed E-state index contributed by atoms with van der Waals surface area (Å²) in [4.78, 5) is 25.9. The quantitative estimate of drug-likeness (QED) is 0.582. The highest BCUT2D eigenvalue weighted by Crippen LogP contribution is 2.35. The molecule has 1 heterocycles. The molecule has 0 aliphatic carbocycles. The number of nitriles is 1. The first kappa shape index (κ1) is 17.6. The third-order valence-electron chi connectivity index (χ3n) is 3.35. The van der Waals surface area contributed by atoms with E-state index in [1.54, 1.807) is 37.3 Å². The zero-order valence-electron chi connectivity index (χ0n) is 13.3. The molecule has 0 spiro atoms. The first-order valence-corrected chi connectivity index (χ1v) is 7.91. The molecule has 24 heavy (non-hydrogen) atoms. The number of thioether (sulfide) groups is 1. The van der Waals surface area contributed by atoms with Gasteiger partial charge in [0.25, 0.3) is 11.1 Å². The number of benzene rings is 1. The fourth-order valence-electron chi connectivity index (χ4n) is 2.09. The number of nitrogens with zero attached hydrogens (tertiary/aromatic N) is 2. The first-order chi connectivity index (χ1) is 11.5. The van der Waals surface area contributed by atoms with Gasteiger partial charge in [0.05, 0.1) is 18.1 Å². The van der Waals surface area contributed by atoms with Gasteiger partial charge in [-0.25, -0.2) is 0 Å². The van der Waals surface area contributed by atoms with E-state index >= 15 is 0 Å². The Kier molecular flexibility index (Phi) is 5.66. The summed E-state index contributed by atoms with van der Waals surface area (Å²) >= 11 is 0.888. The SMILES string of the molecule is C=C[C@@H](C)N1C(=O)S/C(=C\c2ccc(OCC#N)c(OC)c2)C1=O. The van der Waals surface area contributed by atoms with Crippen molar-refractivity contribution in [2.75, 3.05) is 13.7 Å². The molecule has 1 atom stereocenters. The minimum atomic E-state index is -0.361. The fraction of sp³-hybridized carbons (Fsp3) is 0.235. The lowest BCUT2D eigenvalue weighted by molar-refractivity contribution is -0.123. The largest absolute Gasteiger partial charge is 0.493 e. The Morgan fingerprint density at radius 2 is 2.17 bits per heavy atom. The topological polar surface area (TPSA) is 79.6 Å². The van der Waals surface area contributed by atoms with Crippen LogP contribution in [0.3, 0.4) is 0 Å². The third kappa shape index (κ3) is 3.60. The van der Waals surface area contributed by atoms with E-state index in [4.69, 9.17) is 14.7 Å². The Morgan fingerprint density at radius 3 is 2.79 bits per heavy atom. The summed E-state index contributed by atoms with van der Waals surface area (Å²) < 4.78 is 10.5. The molecular weight excluding hydrogens is 328 g/mol. The second-order valence-corrected chi connectivity index (χ2v) is 5.88. The van der Waals surface area contributed by atoms with Gasteiger partial charge in [0.15, 0.2) is 18.1 Å². The summed E-state index contributed by atoms with van der Waals surface area (Å²) in [6.45, 7) is 5.26. The van der Waals surface area contributed by atoms with E-state index in [-0.39, 0.29) is 23.8 Å². The maximum absolute atomic E-state index is 12.4. The summed E-state index contributed by atoms with van der Waals surface area (Å²) in [5.74, 6) is 0.531. The van der Waals surface area contributed by atoms with Gasteiger partial charge in [-0.15, -0.1) is 6.58 Å². The number of carbonyl (C=O) groups excluding carboxylic acids is 2. The maximum Gasteiger partial charge on any atom is 0.294 e. The van der Waals surface area contributed by atoms with Crippen molar-refractivity contribution in [3.05, 3.63) is 41.3 Å². The van der Waals surface area contributed by atoms with Crippen LogP contribution in [-0.4, -0.2) is 35.8 Å². The molecule has 1 fully saturated rings. The Morgan fingerprint density at radius 1 is 1.42 bits per heavy atom. The zero-order valence-corrected chi connectivity index (χ0v) is 14.1. The molecule has 0 bridgehead atoms. The van der Waals surface area contributed by atoms with Crippen LogP contribution in [0.1, 0.15) is 12.5 Å². The highest BCUT2D eigenvalue weighted by molar-refractivity contribution is 8.18. The normalized spacial score (nSPS) is 16.9. The minimum Gasteiger partial charge on any atom is -0.493 e. The molecule has 6 nitrogen and oxygen atoms in total. The van der Waals surface area contributed by atoms with Crippen molar-refractivity contribution in [1.82, 2.24) is 4.90 Å². The molecule has 0 N–H and O–H groups in total. The molecule has 0 radical (unpaired) electrons. The molecule has 1 aromatic rings. The van der Waals surface area contributed by atoms with Crippen molar-refractivity contribution in [3.63, 3.8) is 0 Å². The van der Waals surface area contributed by atoms with Crippen molar-refractivity contribution in [3.8, 4) is 17.6 Å². The molecule has 2 amide bonds. The predicted octanol–water partition coefficient (Wildman–Crippen LogP) is 3.21. The van der Waals surface area contributed by atoms with Crippen LogP contribution >= 0.6 is 11.8 Å². The molecule has 1 saturated heterocycles.